The van der Waals surface area contributed by atoms with Crippen molar-refractivity contribution in [3.63, 3.8) is 0 Å². The van der Waals surface area contributed by atoms with Gasteiger partial charge in [0.2, 0.25) is 5.88 Å². The predicted molar refractivity (Wildman–Crippen MR) is 57.5 cm³/mol. The van der Waals surface area contributed by atoms with E-state index in [4.69, 9.17) is 9.94 Å². The van der Waals surface area contributed by atoms with Gasteiger partial charge in [0.1, 0.15) is 5.56 Å². The van der Waals surface area contributed by atoms with Crippen LogP contribution < -0.4 is 10.2 Å². The average Bonchev–Trinajstić information content (AvgIpc) is 2.36. The summed E-state index contributed by atoms with van der Waals surface area (Å²) in [5, 5.41) is 9.40. The van der Waals surface area contributed by atoms with Crippen LogP contribution in [0.25, 0.3) is 10.9 Å². The van der Waals surface area contributed by atoms with Crippen molar-refractivity contribution in [1.29, 1.82) is 0 Å². The number of methoxy groups -OCH3 is 1. The van der Waals surface area contributed by atoms with Crippen LogP contribution in [0.15, 0.2) is 30.3 Å². The van der Waals surface area contributed by atoms with Crippen LogP contribution in [0.5, 0.6) is 5.88 Å². The Morgan fingerprint density at radius 3 is 2.88 bits per heavy atom. The molecule has 16 heavy (non-hydrogen) atoms. The van der Waals surface area contributed by atoms with E-state index < -0.39 is 5.91 Å². The fourth-order valence-electron chi connectivity index (χ4n) is 1.48. The maximum absolute atomic E-state index is 11.4. The zero-order valence-corrected chi connectivity index (χ0v) is 8.60. The summed E-state index contributed by atoms with van der Waals surface area (Å²) < 4.78 is 4.99. The van der Waals surface area contributed by atoms with Crippen LogP contribution in [-0.4, -0.2) is 23.2 Å². The van der Waals surface area contributed by atoms with Gasteiger partial charge in [-0.05, 0) is 12.1 Å². The number of hydroxylamine groups is 1. The summed E-state index contributed by atoms with van der Waals surface area (Å²) in [6.45, 7) is 0. The van der Waals surface area contributed by atoms with Gasteiger partial charge in [0.15, 0.2) is 0 Å². The van der Waals surface area contributed by atoms with Crippen LogP contribution in [0.2, 0.25) is 0 Å². The molecule has 0 saturated carbocycles. The molecule has 1 heterocycles. The first kappa shape index (κ1) is 10.4. The first-order valence-electron chi connectivity index (χ1n) is 4.64. The third-order valence-electron chi connectivity index (χ3n) is 2.23. The van der Waals surface area contributed by atoms with Crippen molar-refractivity contribution in [3.05, 3.63) is 35.9 Å². The van der Waals surface area contributed by atoms with E-state index in [-0.39, 0.29) is 11.4 Å². The predicted octanol–water partition coefficient (Wildman–Crippen LogP) is 1.36. The van der Waals surface area contributed by atoms with E-state index in [0.29, 0.717) is 0 Å². The molecule has 0 aliphatic rings. The molecule has 82 valence electrons. The summed E-state index contributed by atoms with van der Waals surface area (Å²) >= 11 is 0. The highest BCUT2D eigenvalue weighted by atomic mass is 16.5. The largest absolute Gasteiger partial charge is 0.480 e. The van der Waals surface area contributed by atoms with Gasteiger partial charge < -0.3 is 4.74 Å². The maximum atomic E-state index is 11.4. The minimum Gasteiger partial charge on any atom is -0.480 e. The second kappa shape index (κ2) is 4.16. The fourth-order valence-corrected chi connectivity index (χ4v) is 1.48. The summed E-state index contributed by atoms with van der Waals surface area (Å²) in [6, 6.07) is 8.96. The van der Waals surface area contributed by atoms with Gasteiger partial charge in [-0.25, -0.2) is 10.5 Å². The van der Waals surface area contributed by atoms with E-state index in [1.54, 1.807) is 11.5 Å². The highest BCUT2D eigenvalue weighted by molar-refractivity contribution is 5.99. The van der Waals surface area contributed by atoms with Gasteiger partial charge in [0, 0.05) is 5.39 Å². The Hall–Kier alpha value is -2.14. The third kappa shape index (κ3) is 1.68. The minimum atomic E-state index is -0.643. The van der Waals surface area contributed by atoms with Crippen LogP contribution in [-0.2, 0) is 0 Å². The second-order valence-electron chi connectivity index (χ2n) is 3.18. The standard InChI is InChI=1S/C11H10N2O3/c1-16-11-8(10(14)13-15)6-7-4-2-3-5-9(7)12-11/h2-6,15H,1H3,(H,13,14). The van der Waals surface area contributed by atoms with E-state index in [1.165, 1.54) is 7.11 Å². The maximum Gasteiger partial charge on any atom is 0.280 e. The normalized spacial score (nSPS) is 10.1. The van der Waals surface area contributed by atoms with Gasteiger partial charge >= 0.3 is 0 Å². The first-order chi connectivity index (χ1) is 7.76. The molecule has 1 aromatic carbocycles. The SMILES string of the molecule is COc1nc2ccccc2cc1C(=O)NO. The lowest BCUT2D eigenvalue weighted by Gasteiger charge is -2.07. The monoisotopic (exact) mass is 218 g/mol. The molecule has 0 atom stereocenters. The third-order valence-corrected chi connectivity index (χ3v) is 2.23. The number of benzene rings is 1. The molecular formula is C11H10N2O3. The van der Waals surface area contributed by atoms with E-state index >= 15 is 0 Å². The average molecular weight is 218 g/mol. The summed E-state index contributed by atoms with van der Waals surface area (Å²) in [5.74, 6) is -0.458. The first-order valence-corrected chi connectivity index (χ1v) is 4.64. The Morgan fingerprint density at radius 2 is 2.19 bits per heavy atom. The molecule has 2 aromatic rings. The number of pyridine rings is 1. The molecule has 0 radical (unpaired) electrons. The quantitative estimate of drug-likeness (QED) is 0.589. The molecule has 0 aliphatic carbocycles. The summed E-state index contributed by atoms with van der Waals surface area (Å²) in [4.78, 5) is 15.5. The van der Waals surface area contributed by atoms with Crippen molar-refractivity contribution in [2.45, 2.75) is 0 Å². The van der Waals surface area contributed by atoms with Gasteiger partial charge in [-0.3, -0.25) is 10.0 Å². The smallest absolute Gasteiger partial charge is 0.280 e. The zero-order valence-electron chi connectivity index (χ0n) is 8.60. The lowest BCUT2D eigenvalue weighted by Crippen LogP contribution is -2.19. The van der Waals surface area contributed by atoms with Crippen molar-refractivity contribution < 1.29 is 14.7 Å². The number of carbonyl (C=O) groups excluding carboxylic acids is 1. The number of fused-ring (bicyclic) bond motifs is 1. The number of hydrogen-bond acceptors (Lipinski definition) is 4. The zero-order chi connectivity index (χ0) is 11.5. The summed E-state index contributed by atoms with van der Waals surface area (Å²) in [5.41, 5.74) is 2.49. The lowest BCUT2D eigenvalue weighted by atomic mass is 10.1. The van der Waals surface area contributed by atoms with Gasteiger partial charge in [0.05, 0.1) is 12.6 Å². The van der Waals surface area contributed by atoms with E-state index in [2.05, 4.69) is 4.98 Å². The Labute approximate surface area is 91.6 Å². The molecule has 0 unspecified atom stereocenters. The van der Waals surface area contributed by atoms with E-state index in [0.717, 1.165) is 10.9 Å². The number of carbonyl (C=O) groups is 1. The number of nitrogens with one attached hydrogen (secondary N) is 1. The van der Waals surface area contributed by atoms with Crippen molar-refractivity contribution >= 4 is 16.8 Å². The van der Waals surface area contributed by atoms with Crippen LogP contribution in [0.1, 0.15) is 10.4 Å². The Balaban J connectivity index is 2.67. The van der Waals surface area contributed by atoms with Crippen molar-refractivity contribution in [1.82, 2.24) is 10.5 Å². The molecule has 0 spiro atoms. The molecule has 2 rings (SSSR count). The van der Waals surface area contributed by atoms with Crippen molar-refractivity contribution in [3.8, 4) is 5.88 Å². The van der Waals surface area contributed by atoms with Gasteiger partial charge in [-0.15, -0.1) is 0 Å². The molecule has 1 aromatic heterocycles. The number of amides is 1. The van der Waals surface area contributed by atoms with Gasteiger partial charge in [-0.2, -0.15) is 0 Å². The van der Waals surface area contributed by atoms with Crippen LogP contribution >= 0.6 is 0 Å². The van der Waals surface area contributed by atoms with Gasteiger partial charge in [-0.1, -0.05) is 18.2 Å². The number of rotatable bonds is 2. The van der Waals surface area contributed by atoms with Crippen LogP contribution in [0.3, 0.4) is 0 Å². The number of nitrogens with zero attached hydrogens (tertiary/aromatic N) is 1. The summed E-state index contributed by atoms with van der Waals surface area (Å²) in [6.07, 6.45) is 0. The summed E-state index contributed by atoms with van der Waals surface area (Å²) in [7, 11) is 1.42. The van der Waals surface area contributed by atoms with Crippen LogP contribution in [0, 0.1) is 0 Å². The molecule has 0 aliphatic heterocycles. The molecule has 0 bridgehead atoms. The molecule has 1 amide bonds. The topological polar surface area (TPSA) is 71.5 Å². The van der Waals surface area contributed by atoms with Crippen molar-refractivity contribution in [2.24, 2.45) is 0 Å². The van der Waals surface area contributed by atoms with Gasteiger partial charge in [0.25, 0.3) is 5.91 Å². The van der Waals surface area contributed by atoms with Crippen molar-refractivity contribution in [2.75, 3.05) is 7.11 Å². The molecule has 0 fully saturated rings. The molecule has 5 heteroatoms. The number of aromatic nitrogens is 1. The Bertz CT molecular complexity index is 540. The number of para-hydroxylation sites is 1. The fraction of sp³-hybridized carbons (Fsp3) is 0.0909. The van der Waals surface area contributed by atoms with E-state index in [1.807, 2.05) is 24.3 Å². The number of ether oxygens (including phenoxy) is 1. The lowest BCUT2D eigenvalue weighted by molar-refractivity contribution is 0.0702. The second-order valence-corrected chi connectivity index (χ2v) is 3.18. The molecule has 5 nitrogen and oxygen atoms in total. The minimum absolute atomic E-state index is 0.185. The Kier molecular flexibility index (Phi) is 2.70. The highest BCUT2D eigenvalue weighted by Crippen LogP contribution is 2.21. The Morgan fingerprint density at radius 1 is 1.44 bits per heavy atom. The molecule has 0 saturated heterocycles. The van der Waals surface area contributed by atoms with E-state index in [9.17, 15) is 4.79 Å². The highest BCUT2D eigenvalue weighted by Gasteiger charge is 2.13. The molecule has 2 N–H and O–H groups in total. The number of hydrogen-bond donors (Lipinski definition) is 2. The molecular weight excluding hydrogens is 208 g/mol. The van der Waals surface area contributed by atoms with Crippen LogP contribution in [0.4, 0.5) is 0 Å².